The summed E-state index contributed by atoms with van der Waals surface area (Å²) in [7, 11) is 0. The molecule has 0 aromatic rings. The fourth-order valence-corrected chi connectivity index (χ4v) is 9.00. The molecule has 0 aliphatic rings. The molecule has 6 heteroatoms. The van der Waals surface area contributed by atoms with Gasteiger partial charge in [-0.25, -0.2) is 0 Å². The van der Waals surface area contributed by atoms with Crippen LogP contribution in [0.1, 0.15) is 316 Å². The summed E-state index contributed by atoms with van der Waals surface area (Å²) in [6.45, 7) is 6.46. The summed E-state index contributed by atoms with van der Waals surface area (Å²) in [4.78, 5) is 37.9. The van der Waals surface area contributed by atoms with E-state index in [1.54, 1.807) is 0 Å². The second-order valence-electron chi connectivity index (χ2n) is 20.9. The first-order chi connectivity index (χ1) is 36.0. The second-order valence-corrected chi connectivity index (χ2v) is 20.9. The summed E-state index contributed by atoms with van der Waals surface area (Å²) in [6.07, 6.45) is 79.6. The number of ether oxygens (including phenoxy) is 3. The minimum atomic E-state index is -0.772. The highest BCUT2D eigenvalue weighted by Gasteiger charge is 2.19. The largest absolute Gasteiger partial charge is 0.462 e. The fourth-order valence-electron chi connectivity index (χ4n) is 9.00. The highest BCUT2D eigenvalue weighted by atomic mass is 16.6. The maximum absolute atomic E-state index is 12.8. The molecule has 1 unspecified atom stereocenters. The van der Waals surface area contributed by atoms with Crippen molar-refractivity contribution in [1.82, 2.24) is 0 Å². The Labute approximate surface area is 453 Å². The molecule has 0 saturated heterocycles. The SMILES string of the molecule is CC/C=C\C/C=C\C/C=C\C/C=C\CCCCCCCCCCCCCCCCC(=O)OCC(COC(=O)CCCCCCC)OC(=O)CCCCCCCCCCCCC/C=C\C/C=C\CCCCCCC. The van der Waals surface area contributed by atoms with E-state index >= 15 is 0 Å². The third-order valence-electron chi connectivity index (χ3n) is 13.7. The van der Waals surface area contributed by atoms with E-state index < -0.39 is 6.10 Å². The molecule has 0 saturated carbocycles. The van der Waals surface area contributed by atoms with Crippen LogP contribution in [0.15, 0.2) is 72.9 Å². The van der Waals surface area contributed by atoms with Gasteiger partial charge in [0.05, 0.1) is 0 Å². The molecular weight excluding hydrogens is 901 g/mol. The van der Waals surface area contributed by atoms with Crippen molar-refractivity contribution >= 4 is 17.9 Å². The number of hydrogen-bond donors (Lipinski definition) is 0. The Kier molecular flexibility index (Phi) is 58.7. The zero-order valence-corrected chi connectivity index (χ0v) is 48.4. The van der Waals surface area contributed by atoms with Crippen LogP contribution in [-0.4, -0.2) is 37.2 Å². The van der Waals surface area contributed by atoms with E-state index in [2.05, 4.69) is 93.7 Å². The van der Waals surface area contributed by atoms with Gasteiger partial charge in [-0.3, -0.25) is 14.4 Å². The Morgan fingerprint density at radius 3 is 0.836 bits per heavy atom. The first-order valence-corrected chi connectivity index (χ1v) is 31.4. The van der Waals surface area contributed by atoms with Crippen LogP contribution < -0.4 is 0 Å². The summed E-state index contributed by atoms with van der Waals surface area (Å²) < 4.78 is 16.8. The van der Waals surface area contributed by atoms with Gasteiger partial charge in [-0.1, -0.05) is 280 Å². The molecule has 0 fully saturated rings. The molecule has 0 rings (SSSR count). The van der Waals surface area contributed by atoms with Crippen molar-refractivity contribution in [3.8, 4) is 0 Å². The lowest BCUT2D eigenvalue weighted by Gasteiger charge is -2.18. The zero-order valence-electron chi connectivity index (χ0n) is 48.4. The molecule has 0 spiro atoms. The highest BCUT2D eigenvalue weighted by molar-refractivity contribution is 5.71. The Morgan fingerprint density at radius 1 is 0.288 bits per heavy atom. The molecule has 422 valence electrons. The minimum absolute atomic E-state index is 0.0741. The van der Waals surface area contributed by atoms with Crippen LogP contribution in [0.25, 0.3) is 0 Å². The van der Waals surface area contributed by atoms with Gasteiger partial charge in [0, 0.05) is 19.3 Å². The third kappa shape index (κ3) is 59.6. The number of allylic oxidation sites excluding steroid dienone is 12. The molecule has 0 aromatic heterocycles. The van der Waals surface area contributed by atoms with Crippen molar-refractivity contribution < 1.29 is 28.6 Å². The van der Waals surface area contributed by atoms with Crippen molar-refractivity contribution in [3.05, 3.63) is 72.9 Å². The topological polar surface area (TPSA) is 78.9 Å². The van der Waals surface area contributed by atoms with Crippen LogP contribution in [0.3, 0.4) is 0 Å². The van der Waals surface area contributed by atoms with Crippen LogP contribution >= 0.6 is 0 Å². The molecule has 0 radical (unpaired) electrons. The quantitative estimate of drug-likeness (QED) is 0.0261. The second kappa shape index (κ2) is 61.4. The van der Waals surface area contributed by atoms with Crippen molar-refractivity contribution in [2.24, 2.45) is 0 Å². The lowest BCUT2D eigenvalue weighted by molar-refractivity contribution is -0.167. The van der Waals surface area contributed by atoms with Gasteiger partial charge < -0.3 is 14.2 Å². The molecule has 1 atom stereocenters. The van der Waals surface area contributed by atoms with Crippen LogP contribution in [0.4, 0.5) is 0 Å². The predicted molar refractivity (Wildman–Crippen MR) is 316 cm³/mol. The van der Waals surface area contributed by atoms with E-state index in [0.717, 1.165) is 96.3 Å². The molecule has 6 nitrogen and oxygen atoms in total. The number of hydrogen-bond acceptors (Lipinski definition) is 6. The normalized spacial score (nSPS) is 12.5. The summed E-state index contributed by atoms with van der Waals surface area (Å²) in [6, 6.07) is 0. The van der Waals surface area contributed by atoms with E-state index in [-0.39, 0.29) is 31.1 Å². The lowest BCUT2D eigenvalue weighted by Crippen LogP contribution is -2.30. The van der Waals surface area contributed by atoms with Crippen LogP contribution in [0.5, 0.6) is 0 Å². The van der Waals surface area contributed by atoms with Gasteiger partial charge in [0.15, 0.2) is 6.10 Å². The third-order valence-corrected chi connectivity index (χ3v) is 13.7. The van der Waals surface area contributed by atoms with Crippen molar-refractivity contribution in [2.75, 3.05) is 13.2 Å². The van der Waals surface area contributed by atoms with E-state index in [0.29, 0.717) is 19.3 Å². The smallest absolute Gasteiger partial charge is 0.306 e. The molecule has 0 aliphatic carbocycles. The predicted octanol–water partition coefficient (Wildman–Crippen LogP) is 21.3. The van der Waals surface area contributed by atoms with Crippen molar-refractivity contribution in [2.45, 2.75) is 322 Å². The molecular formula is C67H118O6. The van der Waals surface area contributed by atoms with E-state index in [4.69, 9.17) is 14.2 Å². The number of esters is 3. The van der Waals surface area contributed by atoms with Crippen LogP contribution in [-0.2, 0) is 28.6 Å². The maximum atomic E-state index is 12.8. The average Bonchev–Trinajstić information content (AvgIpc) is 3.39. The van der Waals surface area contributed by atoms with E-state index in [1.165, 1.54) is 180 Å². The van der Waals surface area contributed by atoms with Gasteiger partial charge in [0.25, 0.3) is 0 Å². The molecule has 0 N–H and O–H groups in total. The monoisotopic (exact) mass is 1020 g/mol. The minimum Gasteiger partial charge on any atom is -0.462 e. The molecule has 0 aromatic carbocycles. The molecule has 0 aliphatic heterocycles. The van der Waals surface area contributed by atoms with Gasteiger partial charge >= 0.3 is 17.9 Å². The molecule has 0 heterocycles. The number of carbonyl (C=O) groups is 3. The Bertz CT molecular complexity index is 1360. The summed E-state index contributed by atoms with van der Waals surface area (Å²) in [5, 5.41) is 0. The Balaban J connectivity index is 4.03. The zero-order chi connectivity index (χ0) is 52.9. The first kappa shape index (κ1) is 69.8. The van der Waals surface area contributed by atoms with Gasteiger partial charge in [-0.15, -0.1) is 0 Å². The maximum Gasteiger partial charge on any atom is 0.306 e. The van der Waals surface area contributed by atoms with Gasteiger partial charge in [0.1, 0.15) is 13.2 Å². The highest BCUT2D eigenvalue weighted by Crippen LogP contribution is 2.17. The summed E-state index contributed by atoms with van der Waals surface area (Å²) in [5.41, 5.74) is 0. The summed E-state index contributed by atoms with van der Waals surface area (Å²) >= 11 is 0. The fraction of sp³-hybridized carbons (Fsp3) is 0.776. The Morgan fingerprint density at radius 2 is 0.534 bits per heavy atom. The average molecular weight is 1020 g/mol. The molecule has 0 amide bonds. The number of unbranched alkanes of at least 4 members (excludes halogenated alkanes) is 34. The molecule has 73 heavy (non-hydrogen) atoms. The Hall–Kier alpha value is -3.15. The van der Waals surface area contributed by atoms with Crippen molar-refractivity contribution in [3.63, 3.8) is 0 Å². The number of carbonyl (C=O) groups excluding carboxylic acids is 3. The first-order valence-electron chi connectivity index (χ1n) is 31.4. The van der Waals surface area contributed by atoms with Crippen LogP contribution in [0, 0.1) is 0 Å². The molecule has 0 bridgehead atoms. The van der Waals surface area contributed by atoms with E-state index in [1.807, 2.05) is 0 Å². The van der Waals surface area contributed by atoms with Gasteiger partial charge in [-0.2, -0.15) is 0 Å². The lowest BCUT2D eigenvalue weighted by atomic mass is 10.0. The van der Waals surface area contributed by atoms with Crippen molar-refractivity contribution in [1.29, 1.82) is 0 Å². The van der Waals surface area contributed by atoms with Gasteiger partial charge in [-0.05, 0) is 89.9 Å². The van der Waals surface area contributed by atoms with Gasteiger partial charge in [0.2, 0.25) is 0 Å². The number of rotatable bonds is 57. The summed E-state index contributed by atoms with van der Waals surface area (Å²) in [5.74, 6) is -0.878. The van der Waals surface area contributed by atoms with E-state index in [9.17, 15) is 14.4 Å². The van der Waals surface area contributed by atoms with Crippen LogP contribution in [0.2, 0.25) is 0 Å². The standard InChI is InChI=1S/C67H118O6/c1-4-7-10-13-15-17-19-21-23-25-27-29-31-32-33-34-36-37-39-41-43-45-47-49-51-54-57-60-66(69)72-63-64(62-71-65(68)59-56-53-12-9-6-3)73-67(70)61-58-55-52-50-48-46-44-42-40-38-35-30-28-26-24-22-20-18-16-14-11-8-5-2/h7,10,15,17,20-23,26-29,64H,4-6,8-9,11-14,16,18-19,24-25,30-63H2,1-3H3/b10-7-,17-15-,22-20-,23-21-,28-26-,29-27-.